The van der Waals surface area contributed by atoms with Crippen LogP contribution in [0.4, 0.5) is 0 Å². The summed E-state index contributed by atoms with van der Waals surface area (Å²) in [7, 11) is -3.56. The van der Waals surface area contributed by atoms with Gasteiger partial charge in [-0.2, -0.15) is 0 Å². The molecule has 0 fully saturated rings. The molecule has 142 valence electrons. The summed E-state index contributed by atoms with van der Waals surface area (Å²) >= 11 is 5.88. The largest absolute Gasteiger partial charge is 0.507 e. The molecular weight excluding hydrogens is 368 g/mol. The molecule has 0 aliphatic carbocycles. The van der Waals surface area contributed by atoms with E-state index in [1.165, 1.54) is 0 Å². The van der Waals surface area contributed by atoms with E-state index >= 15 is 0 Å². The Morgan fingerprint density at radius 3 is 1.69 bits per heavy atom. The summed E-state index contributed by atoms with van der Waals surface area (Å²) in [5.41, 5.74) is 1.20. The molecule has 0 saturated heterocycles. The molecule has 0 bridgehead atoms. The van der Waals surface area contributed by atoms with Crippen molar-refractivity contribution in [2.24, 2.45) is 0 Å². The van der Waals surface area contributed by atoms with Crippen LogP contribution in [0.1, 0.15) is 58.2 Å². The number of sulfone groups is 1. The Morgan fingerprint density at radius 1 is 0.885 bits per heavy atom. The van der Waals surface area contributed by atoms with E-state index in [4.69, 9.17) is 11.6 Å². The number of aromatic hydroxyl groups is 1. The SMILES string of the molecule is CC(C)(C)c1cc(S(=O)(=O)Cc2ccc(Cl)cc2)cc(C(C)(C)C)c1O. The predicted molar refractivity (Wildman–Crippen MR) is 108 cm³/mol. The average molecular weight is 395 g/mol. The number of benzene rings is 2. The number of phenolic OH excluding ortho intramolecular Hbond substituents is 1. The lowest BCUT2D eigenvalue weighted by atomic mass is 9.79. The fraction of sp³-hybridized carbons (Fsp3) is 0.429. The second-order valence-electron chi connectivity index (χ2n) is 8.75. The van der Waals surface area contributed by atoms with Gasteiger partial charge >= 0.3 is 0 Å². The Kier molecular flexibility index (Phi) is 5.51. The van der Waals surface area contributed by atoms with Gasteiger partial charge in [0.05, 0.1) is 10.6 Å². The zero-order chi connectivity index (χ0) is 19.9. The molecule has 3 nitrogen and oxygen atoms in total. The summed E-state index contributed by atoms with van der Waals surface area (Å²) in [6.07, 6.45) is 0. The summed E-state index contributed by atoms with van der Waals surface area (Å²) in [5, 5.41) is 11.3. The second kappa shape index (κ2) is 6.90. The lowest BCUT2D eigenvalue weighted by Gasteiger charge is -2.28. The standard InChI is InChI=1S/C21H27ClO3S/c1-20(2,3)17-11-16(12-18(19(17)23)21(4,5)6)26(24,25)13-14-7-9-15(22)10-8-14/h7-12,23H,13H2,1-6H3. The zero-order valence-electron chi connectivity index (χ0n) is 16.2. The Morgan fingerprint density at radius 2 is 1.31 bits per heavy atom. The number of hydrogen-bond acceptors (Lipinski definition) is 3. The average Bonchev–Trinajstić information content (AvgIpc) is 2.47. The van der Waals surface area contributed by atoms with Crippen LogP contribution in [0.25, 0.3) is 0 Å². The second-order valence-corrected chi connectivity index (χ2v) is 11.2. The van der Waals surface area contributed by atoms with Crippen LogP contribution in [-0.2, 0) is 26.4 Å². The van der Waals surface area contributed by atoms with Crippen molar-refractivity contribution in [1.82, 2.24) is 0 Å². The first-order chi connectivity index (χ1) is 11.7. The van der Waals surface area contributed by atoms with Crippen LogP contribution in [0.15, 0.2) is 41.3 Å². The first-order valence-corrected chi connectivity index (χ1v) is 10.6. The van der Waals surface area contributed by atoms with Crippen molar-refractivity contribution >= 4 is 21.4 Å². The first kappa shape index (κ1) is 20.8. The fourth-order valence-electron chi connectivity index (χ4n) is 2.81. The number of rotatable bonds is 3. The minimum absolute atomic E-state index is 0.109. The molecule has 0 atom stereocenters. The predicted octanol–water partition coefficient (Wildman–Crippen LogP) is 5.61. The summed E-state index contributed by atoms with van der Waals surface area (Å²) in [6.45, 7) is 11.8. The third-order valence-corrected chi connectivity index (χ3v) is 6.25. The minimum atomic E-state index is -3.56. The van der Waals surface area contributed by atoms with E-state index in [1.807, 2.05) is 41.5 Å². The molecule has 26 heavy (non-hydrogen) atoms. The Balaban J connectivity index is 2.62. The van der Waals surface area contributed by atoms with Gasteiger partial charge in [0.25, 0.3) is 0 Å². The van der Waals surface area contributed by atoms with Gasteiger partial charge in [-0.25, -0.2) is 8.42 Å². The molecule has 2 rings (SSSR count). The molecular formula is C21H27ClO3S. The van der Waals surface area contributed by atoms with Crippen molar-refractivity contribution in [3.05, 3.63) is 58.1 Å². The van der Waals surface area contributed by atoms with Crippen molar-refractivity contribution in [2.75, 3.05) is 0 Å². The lowest BCUT2D eigenvalue weighted by molar-refractivity contribution is 0.422. The van der Waals surface area contributed by atoms with Gasteiger partial charge in [-0.05, 0) is 40.7 Å². The van der Waals surface area contributed by atoms with Gasteiger partial charge in [0, 0.05) is 16.1 Å². The molecule has 2 aromatic carbocycles. The van der Waals surface area contributed by atoms with Crippen molar-refractivity contribution in [1.29, 1.82) is 0 Å². The van der Waals surface area contributed by atoms with Crippen LogP contribution in [-0.4, -0.2) is 13.5 Å². The van der Waals surface area contributed by atoms with E-state index < -0.39 is 9.84 Å². The highest BCUT2D eigenvalue weighted by atomic mass is 35.5. The molecule has 0 aromatic heterocycles. The number of hydrogen-bond donors (Lipinski definition) is 1. The van der Waals surface area contributed by atoms with E-state index in [9.17, 15) is 13.5 Å². The van der Waals surface area contributed by atoms with Gasteiger partial charge < -0.3 is 5.11 Å². The van der Waals surface area contributed by atoms with Crippen LogP contribution in [0.2, 0.25) is 5.02 Å². The highest BCUT2D eigenvalue weighted by molar-refractivity contribution is 7.90. The van der Waals surface area contributed by atoms with Crippen molar-refractivity contribution in [3.63, 3.8) is 0 Å². The molecule has 5 heteroatoms. The summed E-state index contributed by atoms with van der Waals surface area (Å²) in [6, 6.07) is 10.0. The molecule has 0 unspecified atom stereocenters. The fourth-order valence-corrected chi connectivity index (χ4v) is 4.33. The maximum absolute atomic E-state index is 13.0. The Labute approximate surface area is 161 Å². The summed E-state index contributed by atoms with van der Waals surface area (Å²) in [5.74, 6) is 0.0673. The monoisotopic (exact) mass is 394 g/mol. The molecule has 0 amide bonds. The van der Waals surface area contributed by atoms with Crippen molar-refractivity contribution in [2.45, 2.75) is 63.0 Å². The third-order valence-electron chi connectivity index (χ3n) is 4.33. The third kappa shape index (κ3) is 4.60. The van der Waals surface area contributed by atoms with Crippen LogP contribution in [0, 0.1) is 0 Å². The normalized spacial score (nSPS) is 13.0. The van der Waals surface area contributed by atoms with E-state index in [2.05, 4.69) is 0 Å². The molecule has 0 heterocycles. The highest BCUT2D eigenvalue weighted by Gasteiger charge is 2.29. The van der Waals surface area contributed by atoms with Gasteiger partial charge in [-0.3, -0.25) is 0 Å². The summed E-state index contributed by atoms with van der Waals surface area (Å²) in [4.78, 5) is 0.236. The van der Waals surface area contributed by atoms with Gasteiger partial charge in [-0.1, -0.05) is 65.3 Å². The Bertz CT molecular complexity index is 865. The summed E-state index contributed by atoms with van der Waals surface area (Å²) < 4.78 is 26.1. The molecule has 0 spiro atoms. The molecule has 0 aliphatic heterocycles. The molecule has 0 aliphatic rings. The van der Waals surface area contributed by atoms with Gasteiger partial charge in [0.2, 0.25) is 0 Å². The van der Waals surface area contributed by atoms with Crippen LogP contribution >= 0.6 is 11.6 Å². The molecule has 0 saturated carbocycles. The van der Waals surface area contributed by atoms with Crippen LogP contribution in [0.5, 0.6) is 5.75 Å². The van der Waals surface area contributed by atoms with Crippen LogP contribution < -0.4 is 0 Å². The smallest absolute Gasteiger partial charge is 0.182 e. The van der Waals surface area contributed by atoms with E-state index in [1.54, 1.807) is 36.4 Å². The first-order valence-electron chi connectivity index (χ1n) is 8.57. The maximum atomic E-state index is 13.0. The molecule has 2 aromatic rings. The zero-order valence-corrected chi connectivity index (χ0v) is 17.8. The number of phenols is 1. The minimum Gasteiger partial charge on any atom is -0.507 e. The Hall–Kier alpha value is -1.52. The maximum Gasteiger partial charge on any atom is 0.182 e. The molecule has 1 N–H and O–H groups in total. The van der Waals surface area contributed by atoms with E-state index in [-0.39, 0.29) is 27.2 Å². The lowest BCUT2D eigenvalue weighted by Crippen LogP contribution is -2.19. The van der Waals surface area contributed by atoms with E-state index in [0.29, 0.717) is 21.7 Å². The van der Waals surface area contributed by atoms with E-state index in [0.717, 1.165) is 0 Å². The van der Waals surface area contributed by atoms with Crippen molar-refractivity contribution < 1.29 is 13.5 Å². The van der Waals surface area contributed by atoms with Gasteiger partial charge in [0.1, 0.15) is 5.75 Å². The van der Waals surface area contributed by atoms with Crippen LogP contribution in [0.3, 0.4) is 0 Å². The molecule has 0 radical (unpaired) electrons. The topological polar surface area (TPSA) is 54.4 Å². The van der Waals surface area contributed by atoms with Gasteiger partial charge in [0.15, 0.2) is 9.84 Å². The number of halogens is 1. The van der Waals surface area contributed by atoms with Crippen molar-refractivity contribution in [3.8, 4) is 5.75 Å². The quantitative estimate of drug-likeness (QED) is 0.735. The highest BCUT2D eigenvalue weighted by Crippen LogP contribution is 2.41. The van der Waals surface area contributed by atoms with Gasteiger partial charge in [-0.15, -0.1) is 0 Å².